The van der Waals surface area contributed by atoms with Gasteiger partial charge in [0.05, 0.1) is 17.6 Å². The minimum absolute atomic E-state index is 0.0194. The van der Waals surface area contributed by atoms with Crippen molar-refractivity contribution in [3.05, 3.63) is 84.6 Å². The molecular weight excluding hydrogens is 358 g/mol. The molecule has 0 spiro atoms. The summed E-state index contributed by atoms with van der Waals surface area (Å²) in [5.74, 6) is 0.349. The average Bonchev–Trinajstić information content (AvgIpc) is 2.70. The van der Waals surface area contributed by atoms with E-state index in [2.05, 4.69) is 21.5 Å². The summed E-state index contributed by atoms with van der Waals surface area (Å²) in [5, 5.41) is 0. The number of rotatable bonds is 8. The molecule has 6 heteroatoms. The van der Waals surface area contributed by atoms with Crippen LogP contribution < -0.4 is 9.62 Å². The van der Waals surface area contributed by atoms with Gasteiger partial charge in [0.15, 0.2) is 0 Å². The largest absolute Gasteiger partial charge is 0.341 e. The first kappa shape index (κ1) is 18.9. The molecule has 2 aromatic carbocycles. The zero-order valence-electron chi connectivity index (χ0n) is 15.2. The van der Waals surface area contributed by atoms with Gasteiger partial charge in [-0.25, -0.2) is 13.4 Å². The van der Waals surface area contributed by atoms with E-state index in [1.165, 1.54) is 0 Å². The second-order valence-corrected chi connectivity index (χ2v) is 7.98. The molecule has 0 saturated heterocycles. The second-order valence-electron chi connectivity index (χ2n) is 6.14. The van der Waals surface area contributed by atoms with Crippen LogP contribution in [-0.2, 0) is 16.4 Å². The van der Waals surface area contributed by atoms with Gasteiger partial charge in [0, 0.05) is 12.2 Å². The van der Waals surface area contributed by atoms with Crippen LogP contribution in [0.2, 0.25) is 0 Å². The van der Waals surface area contributed by atoms with Crippen molar-refractivity contribution in [1.82, 2.24) is 4.98 Å². The number of hydrogen-bond donors (Lipinski definition) is 1. The Morgan fingerprint density at radius 3 is 2.15 bits per heavy atom. The molecule has 0 aliphatic carbocycles. The van der Waals surface area contributed by atoms with E-state index in [1.54, 1.807) is 12.3 Å². The topological polar surface area (TPSA) is 62.3 Å². The smallest absolute Gasteiger partial charge is 0.234 e. The third-order valence-electron chi connectivity index (χ3n) is 4.21. The first-order valence-corrected chi connectivity index (χ1v) is 10.6. The van der Waals surface area contributed by atoms with Crippen LogP contribution in [0.3, 0.4) is 0 Å². The number of benzene rings is 2. The number of hydrogen-bond acceptors (Lipinski definition) is 4. The molecule has 0 bridgehead atoms. The first-order valence-electron chi connectivity index (χ1n) is 8.90. The van der Waals surface area contributed by atoms with Crippen LogP contribution in [0, 0.1) is 0 Å². The number of aryl methyl sites for hydroxylation is 1. The molecular formula is C21H23N3O2S. The molecule has 5 nitrogen and oxygen atoms in total. The summed E-state index contributed by atoms with van der Waals surface area (Å²) in [4.78, 5) is 6.39. The monoisotopic (exact) mass is 381 g/mol. The van der Waals surface area contributed by atoms with Crippen LogP contribution in [0.25, 0.3) is 0 Å². The van der Waals surface area contributed by atoms with Gasteiger partial charge in [0.1, 0.15) is 5.82 Å². The molecule has 1 N–H and O–H groups in total. The summed E-state index contributed by atoms with van der Waals surface area (Å²) in [7, 11) is -3.45. The van der Waals surface area contributed by atoms with Crippen molar-refractivity contribution in [3.8, 4) is 0 Å². The Bertz CT molecular complexity index is 944. The Hall–Kier alpha value is -2.86. The summed E-state index contributed by atoms with van der Waals surface area (Å²) < 4.78 is 27.2. The predicted molar refractivity (Wildman–Crippen MR) is 111 cm³/mol. The van der Waals surface area contributed by atoms with E-state index in [0.717, 1.165) is 23.5 Å². The molecule has 0 amide bonds. The lowest BCUT2D eigenvalue weighted by Crippen LogP contribution is -2.19. The van der Waals surface area contributed by atoms with Gasteiger partial charge in [0.2, 0.25) is 10.0 Å². The summed E-state index contributed by atoms with van der Waals surface area (Å²) in [6, 6.07) is 23.1. The Morgan fingerprint density at radius 2 is 1.56 bits per heavy atom. The molecule has 0 saturated carbocycles. The van der Waals surface area contributed by atoms with Crippen LogP contribution in [0.4, 0.5) is 17.2 Å². The summed E-state index contributed by atoms with van der Waals surface area (Å²) in [5.41, 5.74) is 2.97. The van der Waals surface area contributed by atoms with Crippen LogP contribution in [0.1, 0.15) is 12.5 Å². The van der Waals surface area contributed by atoms with Gasteiger partial charge >= 0.3 is 0 Å². The number of nitrogens with zero attached hydrogens (tertiary/aromatic N) is 2. The lowest BCUT2D eigenvalue weighted by molar-refractivity contribution is 0.600. The van der Waals surface area contributed by atoms with Crippen molar-refractivity contribution in [2.75, 3.05) is 21.9 Å². The second kappa shape index (κ2) is 8.68. The number of sulfonamides is 1. The minimum atomic E-state index is -3.45. The number of para-hydroxylation sites is 1. The highest BCUT2D eigenvalue weighted by molar-refractivity contribution is 7.92. The zero-order valence-corrected chi connectivity index (χ0v) is 16.1. The Labute approximate surface area is 160 Å². The molecule has 27 heavy (non-hydrogen) atoms. The quantitative estimate of drug-likeness (QED) is 0.634. The van der Waals surface area contributed by atoms with Crippen molar-refractivity contribution in [3.63, 3.8) is 0 Å². The van der Waals surface area contributed by atoms with Crippen molar-refractivity contribution < 1.29 is 8.42 Å². The third kappa shape index (κ3) is 5.31. The lowest BCUT2D eigenvalue weighted by Gasteiger charge is -2.23. The van der Waals surface area contributed by atoms with E-state index in [9.17, 15) is 8.42 Å². The standard InChI is InChI=1S/C21H23N3O2S/c1-2-24(19-11-7-4-8-12-19)20-13-14-21(22-17-20)23-27(25,26)16-15-18-9-5-3-6-10-18/h3-14,17H,2,15-16H2,1H3,(H,22,23). The van der Waals surface area contributed by atoms with Gasteiger partial charge in [0.25, 0.3) is 0 Å². The maximum absolute atomic E-state index is 12.3. The van der Waals surface area contributed by atoms with Crippen molar-refractivity contribution in [2.24, 2.45) is 0 Å². The van der Waals surface area contributed by atoms with Crippen molar-refractivity contribution in [1.29, 1.82) is 0 Å². The highest BCUT2D eigenvalue weighted by Gasteiger charge is 2.13. The molecule has 0 atom stereocenters. The first-order chi connectivity index (χ1) is 13.1. The Morgan fingerprint density at radius 1 is 0.889 bits per heavy atom. The number of aromatic nitrogens is 1. The third-order valence-corrected chi connectivity index (χ3v) is 5.47. The van der Waals surface area contributed by atoms with Crippen LogP contribution >= 0.6 is 0 Å². The summed E-state index contributed by atoms with van der Waals surface area (Å²) >= 11 is 0. The molecule has 1 heterocycles. The van der Waals surface area contributed by atoms with Gasteiger partial charge in [-0.05, 0) is 43.2 Å². The number of pyridine rings is 1. The summed E-state index contributed by atoms with van der Waals surface area (Å²) in [6.45, 7) is 2.85. The van der Waals surface area contributed by atoms with Gasteiger partial charge in [-0.15, -0.1) is 0 Å². The fraction of sp³-hybridized carbons (Fsp3) is 0.190. The molecule has 140 valence electrons. The van der Waals surface area contributed by atoms with Gasteiger partial charge < -0.3 is 4.90 Å². The molecule has 0 aliphatic rings. The normalized spacial score (nSPS) is 11.1. The highest BCUT2D eigenvalue weighted by atomic mass is 32.2. The van der Waals surface area contributed by atoms with E-state index in [0.29, 0.717) is 12.2 Å². The molecule has 0 aliphatic heterocycles. The van der Waals surface area contributed by atoms with Gasteiger partial charge in [-0.2, -0.15) is 0 Å². The molecule has 0 unspecified atom stereocenters. The molecule has 0 fully saturated rings. The fourth-order valence-electron chi connectivity index (χ4n) is 2.84. The Balaban J connectivity index is 1.66. The van der Waals surface area contributed by atoms with Gasteiger partial charge in [-0.3, -0.25) is 4.72 Å². The predicted octanol–water partition coefficient (Wildman–Crippen LogP) is 4.22. The molecule has 3 rings (SSSR count). The lowest BCUT2D eigenvalue weighted by atomic mass is 10.2. The van der Waals surface area contributed by atoms with Gasteiger partial charge in [-0.1, -0.05) is 48.5 Å². The maximum atomic E-state index is 12.3. The average molecular weight is 382 g/mol. The van der Waals surface area contributed by atoms with Crippen LogP contribution in [0.15, 0.2) is 79.0 Å². The molecule has 0 radical (unpaired) electrons. The van der Waals surface area contributed by atoms with E-state index >= 15 is 0 Å². The SMILES string of the molecule is CCN(c1ccccc1)c1ccc(NS(=O)(=O)CCc2ccccc2)nc1. The molecule has 3 aromatic rings. The van der Waals surface area contributed by atoms with E-state index < -0.39 is 10.0 Å². The number of nitrogens with one attached hydrogen (secondary N) is 1. The van der Waals surface area contributed by atoms with Crippen LogP contribution in [-0.4, -0.2) is 25.7 Å². The molecule has 1 aromatic heterocycles. The van der Waals surface area contributed by atoms with Crippen LogP contribution in [0.5, 0.6) is 0 Å². The highest BCUT2D eigenvalue weighted by Crippen LogP contribution is 2.25. The maximum Gasteiger partial charge on any atom is 0.234 e. The summed E-state index contributed by atoms with van der Waals surface area (Å²) in [6.07, 6.45) is 2.15. The van der Waals surface area contributed by atoms with Crippen molar-refractivity contribution in [2.45, 2.75) is 13.3 Å². The number of anilines is 3. The van der Waals surface area contributed by atoms with E-state index in [-0.39, 0.29) is 5.75 Å². The Kier molecular flexibility index (Phi) is 6.08. The van der Waals surface area contributed by atoms with E-state index in [1.807, 2.05) is 66.7 Å². The zero-order chi connectivity index (χ0) is 19.1. The van der Waals surface area contributed by atoms with E-state index in [4.69, 9.17) is 0 Å². The fourth-order valence-corrected chi connectivity index (χ4v) is 3.88. The minimum Gasteiger partial charge on any atom is -0.341 e. The van der Waals surface area contributed by atoms with Crippen molar-refractivity contribution >= 4 is 27.2 Å².